The van der Waals surface area contributed by atoms with Gasteiger partial charge in [0.1, 0.15) is 17.8 Å². The zero-order valence-corrected chi connectivity index (χ0v) is 15.6. The van der Waals surface area contributed by atoms with Crippen LogP contribution in [0.5, 0.6) is 5.75 Å². The average Bonchev–Trinajstić information content (AvgIpc) is 2.67. The van der Waals surface area contributed by atoms with Crippen molar-refractivity contribution < 1.29 is 22.7 Å². The molecule has 2 aromatic rings. The highest BCUT2D eigenvalue weighted by Gasteiger charge is 2.47. The van der Waals surface area contributed by atoms with Gasteiger partial charge < -0.3 is 15.0 Å². The summed E-state index contributed by atoms with van der Waals surface area (Å²) in [7, 11) is 0. The molecule has 2 aliphatic rings. The van der Waals surface area contributed by atoms with Crippen molar-refractivity contribution in [2.75, 3.05) is 29.9 Å². The third kappa shape index (κ3) is 3.74. The zero-order chi connectivity index (χ0) is 20.8. The Morgan fingerprint density at radius 3 is 2.93 bits per heavy atom. The predicted octanol–water partition coefficient (Wildman–Crippen LogP) is 2.12. The van der Waals surface area contributed by atoms with Gasteiger partial charge in [-0.3, -0.25) is 14.2 Å². The number of rotatable bonds is 3. The fourth-order valence-electron chi connectivity index (χ4n) is 3.38. The number of anilines is 2. The summed E-state index contributed by atoms with van der Waals surface area (Å²) in [6, 6.07) is 0.485. The van der Waals surface area contributed by atoms with E-state index in [2.05, 4.69) is 15.3 Å². The molecule has 29 heavy (non-hydrogen) atoms. The number of halogens is 4. The maximum atomic E-state index is 13.6. The lowest BCUT2D eigenvalue weighted by molar-refractivity contribution is -0.152. The molecule has 0 fully saturated rings. The van der Waals surface area contributed by atoms with Crippen LogP contribution in [0.2, 0.25) is 5.15 Å². The molecule has 0 saturated heterocycles. The van der Waals surface area contributed by atoms with Gasteiger partial charge in [-0.05, 0) is 12.5 Å². The van der Waals surface area contributed by atoms with Crippen molar-refractivity contribution in [2.24, 2.45) is 0 Å². The molecule has 8 nitrogen and oxygen atoms in total. The number of Topliss-reactive ketones (excluding diaryl/α,β-unsaturated/α-hetero) is 1. The van der Waals surface area contributed by atoms with E-state index in [0.717, 1.165) is 15.5 Å². The summed E-state index contributed by atoms with van der Waals surface area (Å²) in [5.41, 5.74) is -0.483. The van der Waals surface area contributed by atoms with Gasteiger partial charge in [0, 0.05) is 24.4 Å². The van der Waals surface area contributed by atoms with E-state index in [4.69, 9.17) is 16.3 Å². The first kappa shape index (κ1) is 19.5. The second-order valence-electron chi connectivity index (χ2n) is 6.61. The summed E-state index contributed by atoms with van der Waals surface area (Å²) in [5.74, 6) is -0.0881. The van der Waals surface area contributed by atoms with Gasteiger partial charge in [0.05, 0.1) is 13.1 Å². The second kappa shape index (κ2) is 7.21. The third-order valence-corrected chi connectivity index (χ3v) is 4.93. The molecule has 12 heteroatoms. The summed E-state index contributed by atoms with van der Waals surface area (Å²) in [5, 5.41) is 2.75. The molecule has 2 aromatic heterocycles. The molecule has 4 heterocycles. The molecule has 0 amide bonds. The molecule has 0 radical (unpaired) electrons. The van der Waals surface area contributed by atoms with E-state index >= 15 is 0 Å². The largest absolute Gasteiger partial charge is 0.488 e. The van der Waals surface area contributed by atoms with Gasteiger partial charge in [0.25, 0.3) is 5.56 Å². The minimum Gasteiger partial charge on any atom is -0.488 e. The molecule has 1 atom stereocenters. The Balaban J connectivity index is 1.69. The lowest BCUT2D eigenvalue weighted by Crippen LogP contribution is -2.54. The first-order valence-corrected chi connectivity index (χ1v) is 9.12. The number of nitrogens with one attached hydrogen (secondary N) is 1. The lowest BCUT2D eigenvalue weighted by Gasteiger charge is -2.38. The number of ether oxygens (including phenoxy) is 1. The molecule has 0 aromatic carbocycles. The van der Waals surface area contributed by atoms with Crippen molar-refractivity contribution >= 4 is 29.2 Å². The van der Waals surface area contributed by atoms with Gasteiger partial charge in [-0.2, -0.15) is 13.2 Å². The van der Waals surface area contributed by atoms with Crippen LogP contribution in [0.25, 0.3) is 0 Å². The van der Waals surface area contributed by atoms with Crippen LogP contribution < -0.4 is 20.5 Å². The summed E-state index contributed by atoms with van der Waals surface area (Å²) < 4.78 is 47.4. The van der Waals surface area contributed by atoms with Crippen molar-refractivity contribution in [1.29, 1.82) is 0 Å². The Kier molecular flexibility index (Phi) is 4.85. The summed E-state index contributed by atoms with van der Waals surface area (Å²) in [6.07, 6.45) is -3.73. The summed E-state index contributed by atoms with van der Waals surface area (Å²) in [6.45, 7) is 0.123. The molecular formula is C17H15ClF3N5O3. The van der Waals surface area contributed by atoms with Gasteiger partial charge in [0.2, 0.25) is 5.95 Å². The van der Waals surface area contributed by atoms with Gasteiger partial charge >= 0.3 is 6.18 Å². The molecule has 0 unspecified atom stereocenters. The number of hydrogen-bond donors (Lipinski definition) is 1. The Morgan fingerprint density at radius 2 is 2.17 bits per heavy atom. The Morgan fingerprint density at radius 1 is 1.38 bits per heavy atom. The minimum atomic E-state index is -4.62. The molecule has 4 rings (SSSR count). The maximum Gasteiger partial charge on any atom is 0.408 e. The number of nitrogens with zero attached hydrogens (tertiary/aromatic N) is 4. The third-order valence-electron chi connectivity index (χ3n) is 4.73. The zero-order valence-electron chi connectivity index (χ0n) is 14.9. The molecule has 0 spiro atoms. The highest BCUT2D eigenvalue weighted by Crippen LogP contribution is 2.34. The van der Waals surface area contributed by atoms with E-state index in [9.17, 15) is 22.8 Å². The Bertz CT molecular complexity index is 1030. The first-order valence-electron chi connectivity index (χ1n) is 8.74. The minimum absolute atomic E-state index is 0.0925. The topological polar surface area (TPSA) is 89.4 Å². The predicted molar refractivity (Wildman–Crippen MR) is 97.9 cm³/mol. The van der Waals surface area contributed by atoms with E-state index < -0.39 is 30.1 Å². The quantitative estimate of drug-likeness (QED) is 0.590. The molecule has 2 aliphatic heterocycles. The number of ketones is 1. The van der Waals surface area contributed by atoms with Crippen molar-refractivity contribution in [3.05, 3.63) is 39.4 Å². The molecular weight excluding hydrogens is 415 g/mol. The van der Waals surface area contributed by atoms with Crippen LogP contribution in [0.3, 0.4) is 0 Å². The molecule has 154 valence electrons. The number of pyridine rings is 1. The second-order valence-corrected chi connectivity index (χ2v) is 7.00. The van der Waals surface area contributed by atoms with E-state index in [1.165, 1.54) is 12.3 Å². The maximum absolute atomic E-state index is 13.6. The summed E-state index contributed by atoms with van der Waals surface area (Å²) >= 11 is 5.79. The van der Waals surface area contributed by atoms with Gasteiger partial charge in [0.15, 0.2) is 17.4 Å². The van der Waals surface area contributed by atoms with Crippen molar-refractivity contribution in [1.82, 2.24) is 14.5 Å². The monoisotopic (exact) mass is 429 g/mol. The van der Waals surface area contributed by atoms with Gasteiger partial charge in [-0.25, -0.2) is 9.97 Å². The van der Waals surface area contributed by atoms with Crippen molar-refractivity contribution in [2.45, 2.75) is 25.2 Å². The van der Waals surface area contributed by atoms with Crippen molar-refractivity contribution in [3.8, 4) is 5.75 Å². The number of aromatic nitrogens is 3. The van der Waals surface area contributed by atoms with E-state index in [1.54, 1.807) is 0 Å². The van der Waals surface area contributed by atoms with Gasteiger partial charge in [-0.1, -0.05) is 11.6 Å². The number of fused-ring (bicyclic) bond motifs is 2. The fourth-order valence-corrected chi connectivity index (χ4v) is 3.55. The Labute approximate surface area is 167 Å². The van der Waals surface area contributed by atoms with E-state index in [0.29, 0.717) is 24.7 Å². The summed E-state index contributed by atoms with van der Waals surface area (Å²) in [4.78, 5) is 33.6. The normalized spacial score (nSPS) is 18.3. The van der Waals surface area contributed by atoms with Crippen molar-refractivity contribution in [3.63, 3.8) is 0 Å². The number of carbonyl (C=O) groups excluding carboxylic acids is 1. The van der Waals surface area contributed by atoms with E-state index in [-0.39, 0.29) is 29.6 Å². The van der Waals surface area contributed by atoms with Gasteiger partial charge in [-0.15, -0.1) is 0 Å². The first-order chi connectivity index (χ1) is 13.7. The van der Waals surface area contributed by atoms with E-state index in [1.807, 2.05) is 0 Å². The average molecular weight is 430 g/mol. The number of hydrogen-bond acceptors (Lipinski definition) is 7. The van der Waals surface area contributed by atoms with Crippen LogP contribution in [-0.4, -0.2) is 52.2 Å². The van der Waals surface area contributed by atoms with Crippen LogP contribution in [0.15, 0.2) is 23.1 Å². The number of carbonyl (C=O) groups is 1. The van der Waals surface area contributed by atoms with Crippen LogP contribution in [-0.2, 0) is 6.54 Å². The van der Waals surface area contributed by atoms with Crippen LogP contribution >= 0.6 is 11.6 Å². The highest BCUT2D eigenvalue weighted by molar-refractivity contribution is 6.29. The molecule has 0 saturated carbocycles. The molecule has 1 N–H and O–H groups in total. The van der Waals surface area contributed by atoms with Crippen LogP contribution in [0, 0.1) is 0 Å². The number of alkyl halides is 3. The smallest absolute Gasteiger partial charge is 0.408 e. The highest BCUT2D eigenvalue weighted by atomic mass is 35.5. The Hall–Kier alpha value is -2.82. The van der Waals surface area contributed by atoms with Crippen LogP contribution in [0.4, 0.5) is 24.9 Å². The lowest BCUT2D eigenvalue weighted by atomic mass is 10.1. The fraction of sp³-hybridized carbons (Fsp3) is 0.412. The molecule has 0 aliphatic carbocycles. The SMILES string of the molecule is O=C(CN1c2nc(Cl)cc(=O)n2CC[C@H]1C(F)(F)F)c1cnc2c(c1)OCCN2. The van der Waals surface area contributed by atoms with Crippen LogP contribution in [0.1, 0.15) is 16.8 Å². The molecule has 0 bridgehead atoms. The standard InChI is InChI=1S/C17H15ClF3N5O3/c18-13-6-14(28)25-3-1-12(17(19,20)21)26(16(25)24-13)8-10(27)9-5-11-15(23-7-9)22-2-4-29-11/h5-7,12H,1-4,8H2,(H,22,23)/t12-/m0/s1.